The summed E-state index contributed by atoms with van der Waals surface area (Å²) in [6.07, 6.45) is 2.34. The van der Waals surface area contributed by atoms with Gasteiger partial charge in [-0.25, -0.2) is 4.98 Å². The molecule has 5 heteroatoms. The Labute approximate surface area is 126 Å². The van der Waals surface area contributed by atoms with E-state index < -0.39 is 0 Å². The van der Waals surface area contributed by atoms with Gasteiger partial charge in [0.2, 0.25) is 5.91 Å². The number of aryl methyl sites for hydroxylation is 1. The predicted octanol–water partition coefficient (Wildman–Crippen LogP) is 1.81. The van der Waals surface area contributed by atoms with Gasteiger partial charge in [0, 0.05) is 18.8 Å². The fourth-order valence-corrected chi connectivity index (χ4v) is 2.70. The number of pyridine rings is 1. The van der Waals surface area contributed by atoms with Crippen molar-refractivity contribution < 1.29 is 9.90 Å². The smallest absolute Gasteiger partial charge is 0.229 e. The standard InChI is InChI=1S/C16H25N3O2/c1-3-14(20)11-19-9-5-7-13(10-19)16(21)18-15-8-4-6-12(2)17-15/h4,6,8,13-14,20H,3,5,7,9-11H2,1-2H3,(H,17,18,21)/t13?,14-/m1/s1. The second-order valence-electron chi connectivity index (χ2n) is 5.81. The quantitative estimate of drug-likeness (QED) is 0.868. The minimum atomic E-state index is -0.301. The van der Waals surface area contributed by atoms with E-state index in [0.717, 1.165) is 31.5 Å². The van der Waals surface area contributed by atoms with Crippen molar-refractivity contribution >= 4 is 11.7 Å². The monoisotopic (exact) mass is 291 g/mol. The van der Waals surface area contributed by atoms with Crippen LogP contribution in [0.4, 0.5) is 5.82 Å². The first-order chi connectivity index (χ1) is 10.1. The molecule has 1 amide bonds. The second-order valence-corrected chi connectivity index (χ2v) is 5.81. The van der Waals surface area contributed by atoms with Crippen molar-refractivity contribution in [2.45, 2.75) is 39.2 Å². The third kappa shape index (κ3) is 4.79. The summed E-state index contributed by atoms with van der Waals surface area (Å²) in [5.41, 5.74) is 0.893. The summed E-state index contributed by atoms with van der Waals surface area (Å²) in [5, 5.41) is 12.6. The minimum absolute atomic E-state index is 0.0230. The molecule has 21 heavy (non-hydrogen) atoms. The summed E-state index contributed by atoms with van der Waals surface area (Å²) in [6.45, 7) is 6.22. The van der Waals surface area contributed by atoms with Gasteiger partial charge in [-0.05, 0) is 44.9 Å². The molecule has 1 fully saturated rings. The van der Waals surface area contributed by atoms with Crippen LogP contribution >= 0.6 is 0 Å². The van der Waals surface area contributed by atoms with Gasteiger partial charge in [0.05, 0.1) is 12.0 Å². The zero-order valence-electron chi connectivity index (χ0n) is 12.9. The number of likely N-dealkylation sites (tertiary alicyclic amines) is 1. The summed E-state index contributed by atoms with van der Waals surface area (Å²) in [7, 11) is 0. The van der Waals surface area contributed by atoms with Crippen molar-refractivity contribution in [2.75, 3.05) is 25.0 Å². The topological polar surface area (TPSA) is 65.5 Å². The molecule has 1 aliphatic heterocycles. The maximum absolute atomic E-state index is 12.3. The van der Waals surface area contributed by atoms with E-state index in [0.29, 0.717) is 18.9 Å². The molecule has 2 atom stereocenters. The maximum atomic E-state index is 12.3. The van der Waals surface area contributed by atoms with Gasteiger partial charge in [-0.2, -0.15) is 0 Å². The number of carbonyl (C=O) groups excluding carboxylic acids is 1. The summed E-state index contributed by atoms with van der Waals surface area (Å²) in [4.78, 5) is 18.8. The largest absolute Gasteiger partial charge is 0.392 e. The van der Waals surface area contributed by atoms with Gasteiger partial charge < -0.3 is 10.4 Å². The Kier molecular flexibility index (Phi) is 5.70. The molecule has 0 aliphatic carbocycles. The zero-order valence-corrected chi connectivity index (χ0v) is 12.9. The molecule has 2 rings (SSSR count). The van der Waals surface area contributed by atoms with Crippen LogP contribution in [-0.2, 0) is 4.79 Å². The highest BCUT2D eigenvalue weighted by Gasteiger charge is 2.26. The molecule has 0 aromatic carbocycles. The number of anilines is 1. The van der Waals surface area contributed by atoms with E-state index in [1.807, 2.05) is 32.0 Å². The lowest BCUT2D eigenvalue weighted by Crippen LogP contribution is -2.43. The van der Waals surface area contributed by atoms with Crippen LogP contribution in [0.5, 0.6) is 0 Å². The molecule has 0 saturated carbocycles. The van der Waals surface area contributed by atoms with Crippen LogP contribution in [0.3, 0.4) is 0 Å². The highest BCUT2D eigenvalue weighted by atomic mass is 16.3. The second kappa shape index (κ2) is 7.52. The number of nitrogens with zero attached hydrogens (tertiary/aromatic N) is 2. The van der Waals surface area contributed by atoms with E-state index in [4.69, 9.17) is 0 Å². The Morgan fingerprint density at radius 3 is 3.10 bits per heavy atom. The number of carbonyl (C=O) groups is 1. The van der Waals surface area contributed by atoms with Crippen LogP contribution in [0, 0.1) is 12.8 Å². The molecular formula is C16H25N3O2. The molecule has 1 aromatic rings. The number of piperidine rings is 1. The predicted molar refractivity (Wildman–Crippen MR) is 83.1 cm³/mol. The van der Waals surface area contributed by atoms with Gasteiger partial charge in [-0.1, -0.05) is 13.0 Å². The molecule has 1 unspecified atom stereocenters. The lowest BCUT2D eigenvalue weighted by atomic mass is 9.96. The van der Waals surface area contributed by atoms with Gasteiger partial charge in [-0.3, -0.25) is 9.69 Å². The number of hydrogen-bond acceptors (Lipinski definition) is 4. The first-order valence-electron chi connectivity index (χ1n) is 7.73. The van der Waals surface area contributed by atoms with E-state index in [1.54, 1.807) is 0 Å². The molecular weight excluding hydrogens is 266 g/mol. The zero-order chi connectivity index (χ0) is 15.2. The fourth-order valence-electron chi connectivity index (χ4n) is 2.70. The Balaban J connectivity index is 1.90. The van der Waals surface area contributed by atoms with E-state index >= 15 is 0 Å². The maximum Gasteiger partial charge on any atom is 0.229 e. The van der Waals surface area contributed by atoms with Crippen LogP contribution in [-0.4, -0.2) is 46.6 Å². The summed E-state index contributed by atoms with van der Waals surface area (Å²) >= 11 is 0. The van der Waals surface area contributed by atoms with Crippen LogP contribution in [0.15, 0.2) is 18.2 Å². The third-order valence-corrected chi connectivity index (χ3v) is 3.96. The molecule has 116 valence electrons. The number of aliphatic hydroxyl groups is 1. The number of hydrogen-bond donors (Lipinski definition) is 2. The van der Waals surface area contributed by atoms with Crippen molar-refractivity contribution in [1.82, 2.24) is 9.88 Å². The molecule has 0 bridgehead atoms. The fraction of sp³-hybridized carbons (Fsp3) is 0.625. The van der Waals surface area contributed by atoms with E-state index in [-0.39, 0.29) is 17.9 Å². The Hall–Kier alpha value is -1.46. The highest BCUT2D eigenvalue weighted by molar-refractivity contribution is 5.91. The number of aliphatic hydroxyl groups excluding tert-OH is 1. The number of rotatable bonds is 5. The number of nitrogens with one attached hydrogen (secondary N) is 1. The Morgan fingerprint density at radius 1 is 1.57 bits per heavy atom. The molecule has 5 nitrogen and oxygen atoms in total. The number of β-amino-alcohol motifs (C(OH)–C–C–N with tert-alkyl or cyclic N) is 1. The van der Waals surface area contributed by atoms with E-state index in [1.165, 1.54) is 0 Å². The van der Waals surface area contributed by atoms with Crippen LogP contribution in [0.2, 0.25) is 0 Å². The lowest BCUT2D eigenvalue weighted by molar-refractivity contribution is -0.121. The third-order valence-electron chi connectivity index (χ3n) is 3.96. The van der Waals surface area contributed by atoms with Gasteiger partial charge in [0.25, 0.3) is 0 Å². The van der Waals surface area contributed by atoms with Crippen molar-refractivity contribution in [2.24, 2.45) is 5.92 Å². The molecule has 0 radical (unpaired) electrons. The average molecular weight is 291 g/mol. The van der Waals surface area contributed by atoms with Gasteiger partial charge >= 0.3 is 0 Å². The number of amides is 1. The Bertz CT molecular complexity index is 478. The van der Waals surface area contributed by atoms with Crippen molar-refractivity contribution in [1.29, 1.82) is 0 Å². The van der Waals surface area contributed by atoms with Gasteiger partial charge in [0.1, 0.15) is 5.82 Å². The molecule has 0 spiro atoms. The SMILES string of the molecule is CC[C@@H](O)CN1CCCC(C(=O)Nc2cccc(C)n2)C1. The average Bonchev–Trinajstić information content (AvgIpc) is 2.47. The number of aromatic nitrogens is 1. The molecule has 2 heterocycles. The van der Waals surface area contributed by atoms with Gasteiger partial charge in [-0.15, -0.1) is 0 Å². The van der Waals surface area contributed by atoms with Crippen LogP contribution in [0.1, 0.15) is 31.9 Å². The highest BCUT2D eigenvalue weighted by Crippen LogP contribution is 2.19. The van der Waals surface area contributed by atoms with Gasteiger partial charge in [0.15, 0.2) is 0 Å². The van der Waals surface area contributed by atoms with E-state index in [9.17, 15) is 9.90 Å². The molecule has 2 N–H and O–H groups in total. The molecule has 1 aromatic heterocycles. The minimum Gasteiger partial charge on any atom is -0.392 e. The van der Waals surface area contributed by atoms with Crippen molar-refractivity contribution in [3.05, 3.63) is 23.9 Å². The Morgan fingerprint density at radius 2 is 2.38 bits per heavy atom. The normalized spacial score (nSPS) is 21.0. The van der Waals surface area contributed by atoms with Crippen molar-refractivity contribution in [3.8, 4) is 0 Å². The summed E-state index contributed by atoms with van der Waals surface area (Å²) in [5.74, 6) is 0.625. The lowest BCUT2D eigenvalue weighted by Gasteiger charge is -2.33. The van der Waals surface area contributed by atoms with Crippen LogP contribution < -0.4 is 5.32 Å². The summed E-state index contributed by atoms with van der Waals surface area (Å²) in [6, 6.07) is 5.61. The first kappa shape index (κ1) is 15.9. The van der Waals surface area contributed by atoms with Crippen LogP contribution in [0.25, 0.3) is 0 Å². The summed E-state index contributed by atoms with van der Waals surface area (Å²) < 4.78 is 0. The molecule has 1 saturated heterocycles. The first-order valence-corrected chi connectivity index (χ1v) is 7.73. The van der Waals surface area contributed by atoms with Crippen molar-refractivity contribution in [3.63, 3.8) is 0 Å². The molecule has 1 aliphatic rings. The van der Waals surface area contributed by atoms with E-state index in [2.05, 4.69) is 15.2 Å².